The predicted molar refractivity (Wildman–Crippen MR) is 73.1 cm³/mol. The smallest absolute Gasteiger partial charge is 0.221 e. The molecule has 1 aromatic carbocycles. The number of aryl methyl sites for hydroxylation is 1. The summed E-state index contributed by atoms with van der Waals surface area (Å²) in [6.07, 6.45) is 4.83. The van der Waals surface area contributed by atoms with Crippen LogP contribution >= 0.6 is 0 Å². The Morgan fingerprint density at radius 2 is 2.11 bits per heavy atom. The minimum absolute atomic E-state index is 0.0703. The molecule has 0 radical (unpaired) electrons. The summed E-state index contributed by atoms with van der Waals surface area (Å²) in [5, 5.41) is 3.22. The van der Waals surface area contributed by atoms with Crippen LogP contribution in [0.1, 0.15) is 43.2 Å². The summed E-state index contributed by atoms with van der Waals surface area (Å²) in [4.78, 5) is 11.9. The molecule has 1 saturated carbocycles. The summed E-state index contributed by atoms with van der Waals surface area (Å²) >= 11 is 0. The number of rotatable bonds is 4. The van der Waals surface area contributed by atoms with Gasteiger partial charge < -0.3 is 11.1 Å². The third kappa shape index (κ3) is 2.72. The molecule has 0 saturated heterocycles. The number of nitrogens with one attached hydrogen (secondary N) is 1. The molecule has 0 aromatic heterocycles. The highest BCUT2D eigenvalue weighted by molar-refractivity contribution is 5.77. The van der Waals surface area contributed by atoms with E-state index >= 15 is 0 Å². The maximum atomic E-state index is 11.9. The summed E-state index contributed by atoms with van der Waals surface area (Å²) < 4.78 is 0. The van der Waals surface area contributed by atoms with Crippen LogP contribution in [0.15, 0.2) is 24.3 Å². The number of nitrogens with two attached hydrogens (primary N) is 1. The lowest BCUT2D eigenvalue weighted by atomic mass is 9.87. The fourth-order valence-corrected chi connectivity index (χ4v) is 2.87. The van der Waals surface area contributed by atoms with Gasteiger partial charge in [0.05, 0.1) is 5.54 Å². The lowest BCUT2D eigenvalue weighted by Gasteiger charge is -2.31. The summed E-state index contributed by atoms with van der Waals surface area (Å²) in [5.41, 5.74) is 7.78. The van der Waals surface area contributed by atoms with Crippen molar-refractivity contribution in [3.05, 3.63) is 35.4 Å². The fourth-order valence-electron chi connectivity index (χ4n) is 2.87. The van der Waals surface area contributed by atoms with Crippen molar-refractivity contribution < 1.29 is 4.79 Å². The molecule has 0 unspecified atom stereocenters. The van der Waals surface area contributed by atoms with Gasteiger partial charge in [0.15, 0.2) is 0 Å². The van der Waals surface area contributed by atoms with Crippen LogP contribution in [0, 0.1) is 6.92 Å². The molecule has 1 fully saturated rings. The molecule has 3 heteroatoms. The van der Waals surface area contributed by atoms with E-state index in [0.717, 1.165) is 12.8 Å². The van der Waals surface area contributed by atoms with Crippen molar-refractivity contribution in [3.63, 3.8) is 0 Å². The van der Waals surface area contributed by atoms with Gasteiger partial charge in [-0.2, -0.15) is 0 Å². The van der Waals surface area contributed by atoms with E-state index in [-0.39, 0.29) is 11.4 Å². The third-order valence-corrected chi connectivity index (χ3v) is 3.78. The summed E-state index contributed by atoms with van der Waals surface area (Å²) in [5.74, 6) is 0.0703. The largest absolute Gasteiger partial charge is 0.347 e. The first kappa shape index (κ1) is 13.1. The van der Waals surface area contributed by atoms with Crippen molar-refractivity contribution in [2.45, 2.75) is 44.6 Å². The van der Waals surface area contributed by atoms with E-state index in [1.165, 1.54) is 24.0 Å². The molecule has 0 heterocycles. The van der Waals surface area contributed by atoms with Crippen molar-refractivity contribution >= 4 is 5.91 Å². The molecule has 0 spiro atoms. The zero-order valence-electron chi connectivity index (χ0n) is 11.0. The first-order valence-corrected chi connectivity index (χ1v) is 6.74. The average Bonchev–Trinajstić information content (AvgIpc) is 2.79. The van der Waals surface area contributed by atoms with E-state index < -0.39 is 0 Å². The first-order valence-electron chi connectivity index (χ1n) is 6.74. The van der Waals surface area contributed by atoms with Crippen molar-refractivity contribution in [1.29, 1.82) is 0 Å². The maximum Gasteiger partial charge on any atom is 0.221 e. The lowest BCUT2D eigenvalue weighted by molar-refractivity contribution is -0.122. The molecule has 0 aliphatic heterocycles. The summed E-state index contributed by atoms with van der Waals surface area (Å²) in [7, 11) is 0. The van der Waals surface area contributed by atoms with Crippen LogP contribution in [0.5, 0.6) is 0 Å². The number of hydrogen-bond donors (Lipinski definition) is 2. The maximum absolute atomic E-state index is 11.9. The van der Waals surface area contributed by atoms with Crippen LogP contribution in [-0.4, -0.2) is 12.5 Å². The van der Waals surface area contributed by atoms with Gasteiger partial charge >= 0.3 is 0 Å². The van der Waals surface area contributed by atoms with Gasteiger partial charge in [0.2, 0.25) is 5.91 Å². The van der Waals surface area contributed by atoms with Crippen LogP contribution < -0.4 is 11.1 Å². The SMILES string of the molecule is Cc1cccc(C2(NC(=O)CCN)CCCC2)c1. The van der Waals surface area contributed by atoms with Gasteiger partial charge in [-0.25, -0.2) is 0 Å². The lowest BCUT2D eigenvalue weighted by Crippen LogP contribution is -2.44. The van der Waals surface area contributed by atoms with Crippen molar-refractivity contribution in [3.8, 4) is 0 Å². The number of hydrogen-bond acceptors (Lipinski definition) is 2. The molecule has 2 rings (SSSR count). The van der Waals surface area contributed by atoms with Gasteiger partial charge in [-0.1, -0.05) is 42.7 Å². The number of carbonyl (C=O) groups excluding carboxylic acids is 1. The number of benzene rings is 1. The Hall–Kier alpha value is -1.35. The Morgan fingerprint density at radius 1 is 1.39 bits per heavy atom. The Labute approximate surface area is 109 Å². The fraction of sp³-hybridized carbons (Fsp3) is 0.533. The number of amides is 1. The monoisotopic (exact) mass is 246 g/mol. The second-order valence-corrected chi connectivity index (χ2v) is 5.25. The highest BCUT2D eigenvalue weighted by atomic mass is 16.1. The highest BCUT2D eigenvalue weighted by Crippen LogP contribution is 2.39. The van der Waals surface area contributed by atoms with Crippen molar-refractivity contribution in [2.75, 3.05) is 6.54 Å². The molecule has 1 aromatic rings. The van der Waals surface area contributed by atoms with E-state index in [2.05, 4.69) is 36.5 Å². The topological polar surface area (TPSA) is 55.1 Å². The minimum Gasteiger partial charge on any atom is -0.347 e. The van der Waals surface area contributed by atoms with Crippen LogP contribution in [0.3, 0.4) is 0 Å². The second kappa shape index (κ2) is 5.53. The van der Waals surface area contributed by atoms with Crippen LogP contribution in [0.4, 0.5) is 0 Å². The second-order valence-electron chi connectivity index (χ2n) is 5.25. The van der Waals surface area contributed by atoms with Gasteiger partial charge in [-0.3, -0.25) is 4.79 Å². The molecular formula is C15H22N2O. The van der Waals surface area contributed by atoms with Gasteiger partial charge in [-0.15, -0.1) is 0 Å². The Morgan fingerprint density at radius 3 is 2.72 bits per heavy atom. The highest BCUT2D eigenvalue weighted by Gasteiger charge is 2.36. The van der Waals surface area contributed by atoms with Crippen molar-refractivity contribution in [1.82, 2.24) is 5.32 Å². The predicted octanol–water partition coefficient (Wildman–Crippen LogP) is 2.23. The van der Waals surface area contributed by atoms with E-state index in [4.69, 9.17) is 5.73 Å². The molecule has 3 nitrogen and oxygen atoms in total. The molecule has 1 amide bonds. The molecule has 98 valence electrons. The zero-order valence-corrected chi connectivity index (χ0v) is 11.0. The number of carbonyl (C=O) groups is 1. The third-order valence-electron chi connectivity index (χ3n) is 3.78. The molecular weight excluding hydrogens is 224 g/mol. The van der Waals surface area contributed by atoms with E-state index in [0.29, 0.717) is 13.0 Å². The zero-order chi connectivity index (χ0) is 13.0. The molecule has 0 bridgehead atoms. The Balaban J connectivity index is 2.24. The van der Waals surface area contributed by atoms with Crippen molar-refractivity contribution in [2.24, 2.45) is 5.73 Å². The molecule has 3 N–H and O–H groups in total. The average molecular weight is 246 g/mol. The van der Waals surface area contributed by atoms with E-state index in [1.807, 2.05) is 0 Å². The molecule has 0 atom stereocenters. The normalized spacial score (nSPS) is 17.7. The minimum atomic E-state index is -0.154. The van der Waals surface area contributed by atoms with Crippen LogP contribution in [0.2, 0.25) is 0 Å². The summed E-state index contributed by atoms with van der Waals surface area (Å²) in [6, 6.07) is 8.47. The quantitative estimate of drug-likeness (QED) is 0.856. The van der Waals surface area contributed by atoms with Gasteiger partial charge in [0.25, 0.3) is 0 Å². The molecule has 18 heavy (non-hydrogen) atoms. The summed E-state index contributed by atoms with van der Waals surface area (Å²) in [6.45, 7) is 2.50. The van der Waals surface area contributed by atoms with Crippen LogP contribution in [0.25, 0.3) is 0 Å². The first-order chi connectivity index (χ1) is 8.66. The Kier molecular flexibility index (Phi) is 4.02. The molecule has 1 aliphatic carbocycles. The van der Waals surface area contributed by atoms with Gasteiger partial charge in [-0.05, 0) is 25.3 Å². The Bertz CT molecular complexity index is 422. The molecule has 1 aliphatic rings. The van der Waals surface area contributed by atoms with E-state index in [9.17, 15) is 4.79 Å². The van der Waals surface area contributed by atoms with E-state index in [1.54, 1.807) is 0 Å². The van der Waals surface area contributed by atoms with Gasteiger partial charge in [0.1, 0.15) is 0 Å². The van der Waals surface area contributed by atoms with Crippen LogP contribution in [-0.2, 0) is 10.3 Å². The van der Waals surface area contributed by atoms with Gasteiger partial charge in [0, 0.05) is 13.0 Å². The standard InChI is InChI=1S/C15H22N2O/c1-12-5-4-6-13(11-12)15(8-2-3-9-15)17-14(18)7-10-16/h4-6,11H,2-3,7-10,16H2,1H3,(H,17,18).